The van der Waals surface area contributed by atoms with E-state index in [2.05, 4.69) is 5.10 Å². The minimum Gasteiger partial charge on any atom is -0.463 e. The third kappa shape index (κ3) is 2.35. The molecule has 3 aromatic rings. The highest BCUT2D eigenvalue weighted by molar-refractivity contribution is 7.89. The number of nitrogens with zero attached hydrogens (tertiary/aromatic N) is 3. The molecule has 0 amide bonds. The fraction of sp³-hybridized carbons (Fsp3) is 0.353. The molecule has 0 radical (unpaired) electrons. The molecule has 1 atom stereocenters. The van der Waals surface area contributed by atoms with Crippen LogP contribution in [0, 0.1) is 0 Å². The number of piperidine rings is 1. The van der Waals surface area contributed by atoms with Gasteiger partial charge in [-0.1, -0.05) is 18.6 Å². The first-order valence-electron chi connectivity index (χ1n) is 8.05. The molecule has 4 rings (SSSR count). The molecule has 2 aromatic heterocycles. The molecule has 126 valence electrons. The second-order valence-electron chi connectivity index (χ2n) is 6.10. The Hall–Kier alpha value is -2.12. The lowest BCUT2D eigenvalue weighted by Gasteiger charge is -2.34. The topological polar surface area (TPSA) is 68.3 Å². The van der Waals surface area contributed by atoms with Gasteiger partial charge in [-0.25, -0.2) is 8.42 Å². The molecule has 7 heteroatoms. The Labute approximate surface area is 140 Å². The van der Waals surface area contributed by atoms with Gasteiger partial charge in [0.1, 0.15) is 4.90 Å². The van der Waals surface area contributed by atoms with E-state index in [0.29, 0.717) is 12.1 Å². The quantitative estimate of drug-likeness (QED) is 0.731. The predicted molar refractivity (Wildman–Crippen MR) is 89.9 cm³/mol. The fourth-order valence-corrected chi connectivity index (χ4v) is 5.32. The summed E-state index contributed by atoms with van der Waals surface area (Å²) in [6, 6.07) is 8.72. The van der Waals surface area contributed by atoms with Crippen LogP contribution in [-0.2, 0) is 17.1 Å². The molecule has 3 heterocycles. The molecule has 6 nitrogen and oxygen atoms in total. The van der Waals surface area contributed by atoms with E-state index in [4.69, 9.17) is 4.42 Å². The average molecular weight is 345 g/mol. The van der Waals surface area contributed by atoms with Crippen molar-refractivity contribution in [1.29, 1.82) is 0 Å². The average Bonchev–Trinajstić information content (AvgIpc) is 3.22. The highest BCUT2D eigenvalue weighted by Gasteiger charge is 2.37. The SMILES string of the molecule is Cn1nccc1[C@@H]1CCCCN1S(=O)(=O)c1cccc2ccoc12. The second-order valence-corrected chi connectivity index (χ2v) is 7.96. The van der Waals surface area contributed by atoms with Crippen molar-refractivity contribution in [2.45, 2.75) is 30.2 Å². The van der Waals surface area contributed by atoms with Crippen LogP contribution < -0.4 is 0 Å². The van der Waals surface area contributed by atoms with Crippen LogP contribution in [-0.4, -0.2) is 29.0 Å². The third-order valence-electron chi connectivity index (χ3n) is 4.68. The van der Waals surface area contributed by atoms with Crippen LogP contribution in [0.2, 0.25) is 0 Å². The Morgan fingerprint density at radius 2 is 2.08 bits per heavy atom. The van der Waals surface area contributed by atoms with Gasteiger partial charge in [-0.05, 0) is 31.0 Å². The summed E-state index contributed by atoms with van der Waals surface area (Å²) >= 11 is 0. The number of aryl methyl sites for hydroxylation is 1. The van der Waals surface area contributed by atoms with Crippen molar-refractivity contribution < 1.29 is 12.8 Å². The molecule has 1 saturated heterocycles. The van der Waals surface area contributed by atoms with Crippen molar-refractivity contribution >= 4 is 21.0 Å². The van der Waals surface area contributed by atoms with E-state index < -0.39 is 10.0 Å². The lowest BCUT2D eigenvalue weighted by Crippen LogP contribution is -2.39. The molecule has 0 saturated carbocycles. The Morgan fingerprint density at radius 3 is 2.88 bits per heavy atom. The summed E-state index contributed by atoms with van der Waals surface area (Å²) in [5.74, 6) is 0. The van der Waals surface area contributed by atoms with E-state index in [1.54, 1.807) is 33.4 Å². The van der Waals surface area contributed by atoms with Crippen LogP contribution in [0.5, 0.6) is 0 Å². The normalized spacial score (nSPS) is 19.8. The van der Waals surface area contributed by atoms with Gasteiger partial charge in [0.2, 0.25) is 10.0 Å². The Bertz CT molecular complexity index is 974. The monoisotopic (exact) mass is 345 g/mol. The van der Waals surface area contributed by atoms with Gasteiger partial charge in [0.15, 0.2) is 5.58 Å². The minimum atomic E-state index is -3.65. The standard InChI is InChI=1S/C17H19N3O3S/c1-19-14(8-10-18-19)15-6-2-3-11-20(15)24(21,22)16-7-4-5-13-9-12-23-17(13)16/h4-5,7-10,12,15H,2-3,6,11H2,1H3/t15-/m0/s1. The summed E-state index contributed by atoms with van der Waals surface area (Å²) in [6.45, 7) is 0.509. The number of para-hydroxylation sites is 1. The Morgan fingerprint density at radius 1 is 1.21 bits per heavy atom. The molecule has 0 bridgehead atoms. The maximum atomic E-state index is 13.4. The smallest absolute Gasteiger partial charge is 0.247 e. The molecular formula is C17H19N3O3S. The summed E-state index contributed by atoms with van der Waals surface area (Å²) in [5, 5.41) is 5.00. The first kappa shape index (κ1) is 15.4. The minimum absolute atomic E-state index is 0.193. The van der Waals surface area contributed by atoms with Crippen LogP contribution in [0.25, 0.3) is 11.0 Å². The van der Waals surface area contributed by atoms with Crippen molar-refractivity contribution in [2.24, 2.45) is 7.05 Å². The van der Waals surface area contributed by atoms with Crippen LogP contribution in [0.1, 0.15) is 31.0 Å². The summed E-state index contributed by atoms with van der Waals surface area (Å²) in [4.78, 5) is 0.235. The van der Waals surface area contributed by atoms with E-state index in [-0.39, 0.29) is 10.9 Å². The van der Waals surface area contributed by atoms with Crippen molar-refractivity contribution in [3.8, 4) is 0 Å². The zero-order valence-electron chi connectivity index (χ0n) is 13.4. The lowest BCUT2D eigenvalue weighted by atomic mass is 10.0. The number of sulfonamides is 1. The molecular weight excluding hydrogens is 326 g/mol. The van der Waals surface area contributed by atoms with E-state index in [1.165, 1.54) is 6.26 Å². The summed E-state index contributed by atoms with van der Waals surface area (Å²) in [6.07, 6.45) is 5.90. The predicted octanol–water partition coefficient (Wildman–Crippen LogP) is 3.08. The number of furan rings is 1. The molecule has 0 N–H and O–H groups in total. The third-order valence-corrected chi connectivity index (χ3v) is 6.62. The number of aromatic nitrogens is 2. The van der Waals surface area contributed by atoms with Crippen LogP contribution in [0.3, 0.4) is 0 Å². The first-order valence-corrected chi connectivity index (χ1v) is 9.49. The van der Waals surface area contributed by atoms with Gasteiger partial charge in [0, 0.05) is 25.2 Å². The summed E-state index contributed by atoms with van der Waals surface area (Å²) < 4.78 is 35.5. The van der Waals surface area contributed by atoms with E-state index in [0.717, 1.165) is 30.3 Å². The van der Waals surface area contributed by atoms with Crippen molar-refractivity contribution in [3.63, 3.8) is 0 Å². The van der Waals surface area contributed by atoms with Crippen LogP contribution >= 0.6 is 0 Å². The molecule has 0 unspecified atom stereocenters. The fourth-order valence-electron chi connectivity index (χ4n) is 3.49. The molecule has 24 heavy (non-hydrogen) atoms. The Balaban J connectivity index is 1.82. The van der Waals surface area contributed by atoms with Gasteiger partial charge in [-0.2, -0.15) is 9.40 Å². The van der Waals surface area contributed by atoms with Crippen molar-refractivity contribution in [2.75, 3.05) is 6.54 Å². The van der Waals surface area contributed by atoms with Crippen LogP contribution in [0.15, 0.2) is 52.1 Å². The van der Waals surface area contributed by atoms with Crippen molar-refractivity contribution in [1.82, 2.24) is 14.1 Å². The van der Waals surface area contributed by atoms with Crippen molar-refractivity contribution in [3.05, 3.63) is 48.5 Å². The molecule has 1 aliphatic rings. The van der Waals surface area contributed by atoms with Gasteiger partial charge >= 0.3 is 0 Å². The number of rotatable bonds is 3. The number of hydrogen-bond donors (Lipinski definition) is 0. The Kier molecular flexibility index (Phi) is 3.69. The molecule has 1 aliphatic heterocycles. The number of hydrogen-bond acceptors (Lipinski definition) is 4. The van der Waals surface area contributed by atoms with Gasteiger partial charge in [0.05, 0.1) is 18.0 Å². The highest BCUT2D eigenvalue weighted by atomic mass is 32.2. The first-order chi connectivity index (χ1) is 11.6. The second kappa shape index (κ2) is 5.75. The van der Waals surface area contributed by atoms with E-state index in [1.807, 2.05) is 19.2 Å². The zero-order valence-corrected chi connectivity index (χ0v) is 14.2. The molecule has 0 aliphatic carbocycles. The molecule has 1 fully saturated rings. The lowest BCUT2D eigenvalue weighted by molar-refractivity contribution is 0.246. The van der Waals surface area contributed by atoms with Gasteiger partial charge in [-0.15, -0.1) is 0 Å². The maximum absolute atomic E-state index is 13.4. The largest absolute Gasteiger partial charge is 0.463 e. The molecule has 0 spiro atoms. The highest BCUT2D eigenvalue weighted by Crippen LogP contribution is 2.37. The van der Waals surface area contributed by atoms with E-state index >= 15 is 0 Å². The summed E-state index contributed by atoms with van der Waals surface area (Å²) in [7, 11) is -1.80. The number of benzene rings is 1. The maximum Gasteiger partial charge on any atom is 0.247 e. The zero-order chi connectivity index (χ0) is 16.7. The van der Waals surface area contributed by atoms with Gasteiger partial charge in [0.25, 0.3) is 0 Å². The summed E-state index contributed by atoms with van der Waals surface area (Å²) in [5.41, 5.74) is 1.34. The van der Waals surface area contributed by atoms with Gasteiger partial charge in [-0.3, -0.25) is 4.68 Å². The van der Waals surface area contributed by atoms with Gasteiger partial charge < -0.3 is 4.42 Å². The van der Waals surface area contributed by atoms with Crippen LogP contribution in [0.4, 0.5) is 0 Å². The van der Waals surface area contributed by atoms with E-state index in [9.17, 15) is 8.42 Å². The number of fused-ring (bicyclic) bond motifs is 1. The molecule has 1 aromatic carbocycles.